The van der Waals surface area contributed by atoms with Gasteiger partial charge in [-0.1, -0.05) is 23.7 Å². The van der Waals surface area contributed by atoms with E-state index >= 15 is 0 Å². The van der Waals surface area contributed by atoms with Crippen molar-refractivity contribution in [2.24, 2.45) is 4.99 Å². The summed E-state index contributed by atoms with van der Waals surface area (Å²) in [5, 5.41) is 4.23. The summed E-state index contributed by atoms with van der Waals surface area (Å²) in [7, 11) is 1.85. The Morgan fingerprint density at radius 1 is 1.26 bits per heavy atom. The number of nitrogens with one attached hydrogen (secondary N) is 1. The molecule has 1 aromatic rings. The van der Waals surface area contributed by atoms with Crippen molar-refractivity contribution in [2.45, 2.75) is 19.0 Å². The average Bonchev–Trinajstić information content (AvgIpc) is 3.08. The van der Waals surface area contributed by atoms with Crippen molar-refractivity contribution in [1.29, 1.82) is 0 Å². The van der Waals surface area contributed by atoms with Crippen LogP contribution in [0.25, 0.3) is 0 Å². The minimum Gasteiger partial charge on any atom is -0.379 e. The molecular formula is C17H25ClN4O. The van der Waals surface area contributed by atoms with E-state index in [2.05, 4.69) is 20.1 Å². The van der Waals surface area contributed by atoms with Crippen LogP contribution >= 0.6 is 11.6 Å². The molecule has 1 N–H and O–H groups in total. The molecule has 126 valence electrons. The van der Waals surface area contributed by atoms with Crippen molar-refractivity contribution < 1.29 is 4.74 Å². The summed E-state index contributed by atoms with van der Waals surface area (Å²) in [6, 6.07) is 8.55. The fraction of sp³-hybridized carbons (Fsp3) is 0.588. The summed E-state index contributed by atoms with van der Waals surface area (Å²) in [5.74, 6) is 0.982. The van der Waals surface area contributed by atoms with E-state index in [4.69, 9.17) is 16.3 Å². The van der Waals surface area contributed by atoms with E-state index in [-0.39, 0.29) is 0 Å². The predicted octanol–water partition coefficient (Wildman–Crippen LogP) is 1.82. The average molecular weight is 337 g/mol. The number of ether oxygens (including phenoxy) is 1. The first-order chi connectivity index (χ1) is 11.3. The number of benzene rings is 1. The van der Waals surface area contributed by atoms with E-state index in [9.17, 15) is 0 Å². The lowest BCUT2D eigenvalue weighted by atomic mass is 10.2. The van der Waals surface area contributed by atoms with Crippen LogP contribution in [0.15, 0.2) is 29.3 Å². The molecule has 3 rings (SSSR count). The molecule has 1 aromatic carbocycles. The molecule has 1 atom stereocenters. The number of guanidine groups is 1. The minimum atomic E-state index is 0.619. The third kappa shape index (κ3) is 4.37. The van der Waals surface area contributed by atoms with Crippen LogP contribution in [0.2, 0.25) is 5.02 Å². The Hall–Kier alpha value is -1.30. The van der Waals surface area contributed by atoms with Crippen LogP contribution in [0, 0.1) is 0 Å². The molecule has 2 aliphatic rings. The zero-order valence-corrected chi connectivity index (χ0v) is 14.4. The monoisotopic (exact) mass is 336 g/mol. The Bertz CT molecular complexity index is 528. The van der Waals surface area contributed by atoms with Crippen LogP contribution in [0.5, 0.6) is 0 Å². The standard InChI is InChI=1S/C17H25ClN4O/c1-19-17(20-12-14-2-4-15(18)5-3-14)22-7-6-16(13-22)21-8-10-23-11-9-21/h2-5,16H,6-13H2,1H3,(H,19,20). The fourth-order valence-electron chi connectivity index (χ4n) is 3.29. The molecule has 2 heterocycles. The van der Waals surface area contributed by atoms with Crippen molar-refractivity contribution in [3.05, 3.63) is 34.9 Å². The maximum Gasteiger partial charge on any atom is 0.193 e. The van der Waals surface area contributed by atoms with Crippen molar-refractivity contribution in [3.63, 3.8) is 0 Å². The second-order valence-corrected chi connectivity index (χ2v) is 6.50. The molecule has 2 aliphatic heterocycles. The van der Waals surface area contributed by atoms with Gasteiger partial charge in [-0.15, -0.1) is 0 Å². The summed E-state index contributed by atoms with van der Waals surface area (Å²) >= 11 is 5.93. The Morgan fingerprint density at radius 2 is 2.00 bits per heavy atom. The smallest absolute Gasteiger partial charge is 0.193 e. The van der Waals surface area contributed by atoms with Gasteiger partial charge in [0.25, 0.3) is 0 Å². The van der Waals surface area contributed by atoms with Crippen molar-refractivity contribution >= 4 is 17.6 Å². The number of rotatable bonds is 3. The first-order valence-corrected chi connectivity index (χ1v) is 8.66. The SMILES string of the molecule is CN=C(NCc1ccc(Cl)cc1)N1CCC(N2CCOCC2)C1. The largest absolute Gasteiger partial charge is 0.379 e. The molecule has 2 saturated heterocycles. The number of aliphatic imine (C=N–C) groups is 1. The Balaban J connectivity index is 1.51. The quantitative estimate of drug-likeness (QED) is 0.675. The molecule has 0 spiro atoms. The van der Waals surface area contributed by atoms with Gasteiger partial charge in [0.1, 0.15) is 0 Å². The summed E-state index contributed by atoms with van der Waals surface area (Å²) in [6.07, 6.45) is 1.20. The highest BCUT2D eigenvalue weighted by molar-refractivity contribution is 6.30. The Kier molecular flexibility index (Phi) is 5.75. The third-order valence-electron chi connectivity index (χ3n) is 4.60. The molecule has 6 heteroatoms. The van der Waals surface area contributed by atoms with Gasteiger partial charge in [0.05, 0.1) is 13.2 Å². The van der Waals surface area contributed by atoms with Crippen LogP contribution in [-0.4, -0.2) is 68.2 Å². The number of likely N-dealkylation sites (tertiary alicyclic amines) is 1. The topological polar surface area (TPSA) is 40.1 Å². The van der Waals surface area contributed by atoms with Gasteiger partial charge in [-0.05, 0) is 24.1 Å². The maximum atomic E-state index is 5.93. The van der Waals surface area contributed by atoms with Crippen LogP contribution in [-0.2, 0) is 11.3 Å². The molecule has 23 heavy (non-hydrogen) atoms. The molecular weight excluding hydrogens is 312 g/mol. The van der Waals surface area contributed by atoms with E-state index in [1.54, 1.807) is 0 Å². The maximum absolute atomic E-state index is 5.93. The summed E-state index contributed by atoms with van der Waals surface area (Å²) < 4.78 is 5.45. The second-order valence-electron chi connectivity index (χ2n) is 6.06. The van der Waals surface area contributed by atoms with Crippen molar-refractivity contribution in [2.75, 3.05) is 46.4 Å². The van der Waals surface area contributed by atoms with Crippen molar-refractivity contribution in [1.82, 2.24) is 15.1 Å². The highest BCUT2D eigenvalue weighted by atomic mass is 35.5. The van der Waals surface area contributed by atoms with Crippen LogP contribution in [0.1, 0.15) is 12.0 Å². The zero-order valence-electron chi connectivity index (χ0n) is 13.7. The van der Waals surface area contributed by atoms with Gasteiger partial charge in [-0.3, -0.25) is 9.89 Å². The molecule has 0 aromatic heterocycles. The molecule has 0 amide bonds. The van der Waals surface area contributed by atoms with E-state index in [0.717, 1.165) is 56.9 Å². The number of hydrogen-bond donors (Lipinski definition) is 1. The molecule has 2 fully saturated rings. The lowest BCUT2D eigenvalue weighted by Gasteiger charge is -2.32. The van der Waals surface area contributed by atoms with Crippen LogP contribution in [0.4, 0.5) is 0 Å². The highest BCUT2D eigenvalue weighted by Crippen LogP contribution is 2.17. The first-order valence-electron chi connectivity index (χ1n) is 8.28. The van der Waals surface area contributed by atoms with Gasteiger partial charge in [-0.25, -0.2) is 0 Å². The lowest BCUT2D eigenvalue weighted by Crippen LogP contribution is -2.46. The molecule has 1 unspecified atom stereocenters. The Morgan fingerprint density at radius 3 is 2.70 bits per heavy atom. The van der Waals surface area contributed by atoms with E-state index in [1.165, 1.54) is 12.0 Å². The molecule has 0 saturated carbocycles. The van der Waals surface area contributed by atoms with Crippen LogP contribution < -0.4 is 5.32 Å². The molecule has 0 bridgehead atoms. The molecule has 0 radical (unpaired) electrons. The number of hydrogen-bond acceptors (Lipinski definition) is 3. The third-order valence-corrected chi connectivity index (χ3v) is 4.85. The first kappa shape index (κ1) is 16.6. The van der Waals surface area contributed by atoms with Gasteiger partial charge in [0, 0.05) is 50.8 Å². The summed E-state index contributed by atoms with van der Waals surface area (Å²) in [4.78, 5) is 9.35. The Labute approximate surface area is 143 Å². The fourth-order valence-corrected chi connectivity index (χ4v) is 3.42. The van der Waals surface area contributed by atoms with Gasteiger partial charge in [0.2, 0.25) is 0 Å². The summed E-state index contributed by atoms with van der Waals surface area (Å²) in [6.45, 7) is 6.69. The molecule has 0 aliphatic carbocycles. The number of halogens is 1. The normalized spacial score (nSPS) is 23.3. The van der Waals surface area contributed by atoms with Crippen LogP contribution in [0.3, 0.4) is 0 Å². The molecule has 5 nitrogen and oxygen atoms in total. The van der Waals surface area contributed by atoms with Gasteiger partial charge >= 0.3 is 0 Å². The van der Waals surface area contributed by atoms with E-state index < -0.39 is 0 Å². The summed E-state index contributed by atoms with van der Waals surface area (Å²) in [5.41, 5.74) is 1.21. The van der Waals surface area contributed by atoms with Gasteiger partial charge in [0.15, 0.2) is 5.96 Å². The van der Waals surface area contributed by atoms with Crippen molar-refractivity contribution in [3.8, 4) is 0 Å². The lowest BCUT2D eigenvalue weighted by molar-refractivity contribution is 0.0195. The second kappa shape index (κ2) is 7.99. The predicted molar refractivity (Wildman–Crippen MR) is 94.0 cm³/mol. The zero-order chi connectivity index (χ0) is 16.1. The van der Waals surface area contributed by atoms with Gasteiger partial charge < -0.3 is 15.0 Å². The number of nitrogens with zero attached hydrogens (tertiary/aromatic N) is 3. The number of morpholine rings is 1. The van der Waals surface area contributed by atoms with E-state index in [0.29, 0.717) is 6.04 Å². The van der Waals surface area contributed by atoms with Gasteiger partial charge in [-0.2, -0.15) is 0 Å². The minimum absolute atomic E-state index is 0.619. The van der Waals surface area contributed by atoms with E-state index in [1.807, 2.05) is 31.3 Å². The highest BCUT2D eigenvalue weighted by Gasteiger charge is 2.30.